The van der Waals surface area contributed by atoms with E-state index in [1.807, 2.05) is 50.2 Å². The van der Waals surface area contributed by atoms with Crippen LogP contribution in [0.5, 0.6) is 5.75 Å². The molecule has 11 nitrogen and oxygen atoms in total. The summed E-state index contributed by atoms with van der Waals surface area (Å²) in [5.41, 5.74) is 5.02. The Kier molecular flexibility index (Phi) is 11.3. The van der Waals surface area contributed by atoms with Crippen molar-refractivity contribution in [2.45, 2.75) is 20.5 Å². The van der Waals surface area contributed by atoms with Crippen molar-refractivity contribution in [2.24, 2.45) is 0 Å². The first-order valence-electron chi connectivity index (χ1n) is 15.5. The fraction of sp³-hybridized carbons (Fsp3) is 0.189. The van der Waals surface area contributed by atoms with Gasteiger partial charge in [0.1, 0.15) is 12.4 Å². The van der Waals surface area contributed by atoms with Gasteiger partial charge in [0.25, 0.3) is 5.91 Å². The molecule has 0 aliphatic heterocycles. The molecule has 0 bridgehead atoms. The van der Waals surface area contributed by atoms with Crippen molar-refractivity contribution < 1.29 is 19.1 Å². The third-order valence-electron chi connectivity index (χ3n) is 7.82. The van der Waals surface area contributed by atoms with Gasteiger partial charge in [-0.25, -0.2) is 9.97 Å². The zero-order chi connectivity index (χ0) is 35.9. The van der Waals surface area contributed by atoms with E-state index >= 15 is 0 Å². The predicted octanol–water partition coefficient (Wildman–Crippen LogP) is 6.64. The molecule has 0 atom stereocenters. The van der Waals surface area contributed by atoms with Gasteiger partial charge in [-0.2, -0.15) is 0 Å². The van der Waals surface area contributed by atoms with Gasteiger partial charge in [0, 0.05) is 61.3 Å². The highest BCUT2D eigenvalue weighted by molar-refractivity contribution is 6.38. The van der Waals surface area contributed by atoms with Gasteiger partial charge in [0.15, 0.2) is 5.75 Å². The molecule has 0 aliphatic rings. The Hall–Kier alpha value is -5.52. The maximum atomic E-state index is 13.1. The average Bonchev–Trinajstić information content (AvgIpc) is 3.09. The van der Waals surface area contributed by atoms with Gasteiger partial charge in [-0.15, -0.1) is 0 Å². The van der Waals surface area contributed by atoms with Crippen molar-refractivity contribution in [2.75, 3.05) is 42.8 Å². The number of aryl methyl sites for hydroxylation is 2. The molecule has 5 rings (SSSR count). The summed E-state index contributed by atoms with van der Waals surface area (Å²) in [6, 6.07) is 17.8. The Balaban J connectivity index is 1.19. The van der Waals surface area contributed by atoms with Crippen molar-refractivity contribution >= 4 is 75.1 Å². The molecule has 50 heavy (non-hydrogen) atoms. The summed E-state index contributed by atoms with van der Waals surface area (Å²) in [5, 5.41) is 6.88. The van der Waals surface area contributed by atoms with Crippen molar-refractivity contribution in [1.82, 2.24) is 20.3 Å². The number of halogens is 2. The Morgan fingerprint density at radius 1 is 0.920 bits per heavy atom. The van der Waals surface area contributed by atoms with Crippen LogP contribution in [0.2, 0.25) is 10.0 Å². The first-order valence-corrected chi connectivity index (χ1v) is 16.3. The van der Waals surface area contributed by atoms with Crippen LogP contribution in [-0.4, -0.2) is 60.4 Å². The number of nitrogens with one attached hydrogen (secondary N) is 2. The second-order valence-corrected chi connectivity index (χ2v) is 12.3. The first-order chi connectivity index (χ1) is 23.9. The summed E-state index contributed by atoms with van der Waals surface area (Å²) >= 11 is 13.4. The summed E-state index contributed by atoms with van der Waals surface area (Å²) in [6.45, 7) is 3.38. The van der Waals surface area contributed by atoms with E-state index in [9.17, 15) is 14.4 Å². The highest BCUT2D eigenvalue weighted by Crippen LogP contribution is 2.39. The molecule has 13 heteroatoms. The summed E-state index contributed by atoms with van der Waals surface area (Å²) in [7, 11) is 5.44. The fourth-order valence-corrected chi connectivity index (χ4v) is 5.77. The van der Waals surface area contributed by atoms with Crippen LogP contribution in [0, 0.1) is 13.8 Å². The van der Waals surface area contributed by atoms with Gasteiger partial charge in [-0.05, 0) is 68.0 Å². The summed E-state index contributed by atoms with van der Waals surface area (Å²) in [5.74, 6) is -0.262. The van der Waals surface area contributed by atoms with Gasteiger partial charge in [-0.1, -0.05) is 41.4 Å². The van der Waals surface area contributed by atoms with Gasteiger partial charge in [0.05, 0.1) is 39.7 Å². The Morgan fingerprint density at radius 2 is 1.70 bits per heavy atom. The Labute approximate surface area is 299 Å². The van der Waals surface area contributed by atoms with E-state index in [1.165, 1.54) is 17.2 Å². The molecule has 0 unspecified atom stereocenters. The van der Waals surface area contributed by atoms with Crippen molar-refractivity contribution in [1.29, 1.82) is 0 Å². The minimum absolute atomic E-state index is 0.0309. The normalized spacial score (nSPS) is 11.0. The molecule has 0 saturated heterocycles. The maximum Gasteiger partial charge on any atom is 0.258 e. The lowest BCUT2D eigenvalue weighted by Gasteiger charge is -2.23. The van der Waals surface area contributed by atoms with E-state index in [2.05, 4.69) is 20.6 Å². The van der Waals surface area contributed by atoms with Crippen LogP contribution in [0.4, 0.5) is 17.2 Å². The van der Waals surface area contributed by atoms with Gasteiger partial charge < -0.3 is 25.2 Å². The summed E-state index contributed by atoms with van der Waals surface area (Å²) < 4.78 is 6.30. The van der Waals surface area contributed by atoms with E-state index in [1.54, 1.807) is 62.6 Å². The molecule has 0 saturated carbocycles. The number of para-hydroxylation sites is 1. The molecule has 0 radical (unpaired) electrons. The molecular formula is C37H35Cl2N7O4. The average molecular weight is 713 g/mol. The Bertz CT molecular complexity index is 2100. The van der Waals surface area contributed by atoms with Crippen molar-refractivity contribution in [3.05, 3.63) is 117 Å². The van der Waals surface area contributed by atoms with Crippen LogP contribution >= 0.6 is 23.2 Å². The minimum atomic E-state index is -0.483. The lowest BCUT2D eigenvalue weighted by Crippen LogP contribution is -2.37. The van der Waals surface area contributed by atoms with Crippen LogP contribution in [0.1, 0.15) is 32.9 Å². The summed E-state index contributed by atoms with van der Waals surface area (Å²) in [6.07, 6.45) is 5.96. The third kappa shape index (κ3) is 8.19. The number of aromatic nitrogens is 3. The van der Waals surface area contributed by atoms with E-state index < -0.39 is 11.8 Å². The van der Waals surface area contributed by atoms with Gasteiger partial charge in [-0.3, -0.25) is 19.4 Å². The monoisotopic (exact) mass is 711 g/mol. The molecule has 3 aromatic heterocycles. The highest BCUT2D eigenvalue weighted by Gasteiger charge is 2.21. The lowest BCUT2D eigenvalue weighted by atomic mass is 10.1. The molecule has 2 aromatic carbocycles. The van der Waals surface area contributed by atoms with Crippen molar-refractivity contribution in [3.8, 4) is 5.75 Å². The maximum absolute atomic E-state index is 13.1. The van der Waals surface area contributed by atoms with Crippen LogP contribution in [0.25, 0.3) is 17.0 Å². The number of hydrogen-bond acceptors (Lipinski definition) is 8. The number of amides is 3. The molecule has 256 valence electrons. The third-order valence-corrected chi connectivity index (χ3v) is 8.60. The molecular weight excluding hydrogens is 677 g/mol. The topological polar surface area (TPSA) is 130 Å². The van der Waals surface area contributed by atoms with Crippen molar-refractivity contribution in [3.63, 3.8) is 0 Å². The second-order valence-electron chi connectivity index (χ2n) is 11.5. The lowest BCUT2D eigenvalue weighted by molar-refractivity contribution is -0.122. The number of ether oxygens (including phenoxy) is 1. The molecule has 3 amide bonds. The highest BCUT2D eigenvalue weighted by atomic mass is 35.5. The van der Waals surface area contributed by atoms with E-state index in [0.717, 1.165) is 16.6 Å². The first kappa shape index (κ1) is 35.8. The number of pyridine rings is 3. The largest absolute Gasteiger partial charge is 0.485 e. The van der Waals surface area contributed by atoms with Crippen LogP contribution in [0.15, 0.2) is 79.1 Å². The Morgan fingerprint density at radius 3 is 2.42 bits per heavy atom. The smallest absolute Gasteiger partial charge is 0.258 e. The standard InChI is InChI=1S/C37H35Cl2N7O4/c1-22-25(10-8-18-40-22)37(49)44-31-16-12-24(19-41-31)13-17-32(47)42-20-33(48)46(5)30-15-14-28(38)27(34(30)39)21-50-36-23(2)43-29-11-7-6-9-26(29)35(36)45(3)4/h6-19H,20-21H2,1-5H3,(H,42,47)(H,41,44,49). The quantitative estimate of drug-likeness (QED) is 0.146. The predicted molar refractivity (Wildman–Crippen MR) is 198 cm³/mol. The number of anilines is 3. The van der Waals surface area contributed by atoms with Crippen LogP contribution in [0.3, 0.4) is 0 Å². The minimum Gasteiger partial charge on any atom is -0.485 e. The molecule has 3 heterocycles. The molecule has 0 fully saturated rings. The van der Waals surface area contributed by atoms with Gasteiger partial charge in [0.2, 0.25) is 11.8 Å². The summed E-state index contributed by atoms with van der Waals surface area (Å²) in [4.78, 5) is 54.5. The zero-order valence-electron chi connectivity index (χ0n) is 28.1. The molecule has 0 aliphatic carbocycles. The van der Waals surface area contributed by atoms with E-state index in [-0.39, 0.29) is 24.1 Å². The molecule has 0 spiro atoms. The number of carbonyl (C=O) groups is 3. The second kappa shape index (κ2) is 15.8. The van der Waals surface area contributed by atoms with Crippen LogP contribution in [-0.2, 0) is 16.2 Å². The van der Waals surface area contributed by atoms with E-state index in [4.69, 9.17) is 32.9 Å². The number of hydrogen-bond donors (Lipinski definition) is 2. The number of likely N-dealkylation sites (N-methyl/N-ethyl adjacent to an activating group) is 1. The fourth-order valence-electron chi connectivity index (χ4n) is 5.17. The SMILES string of the molecule is Cc1ncccc1C(=O)Nc1ccc(C=CC(=O)NCC(=O)N(C)c2ccc(Cl)c(COc3c(C)nc4ccccc4c3N(C)C)c2Cl)cn1. The molecule has 2 N–H and O–H groups in total. The zero-order valence-corrected chi connectivity index (χ0v) is 29.6. The number of nitrogens with zero attached hydrogens (tertiary/aromatic N) is 5. The molecule has 5 aromatic rings. The number of carbonyl (C=O) groups excluding carboxylic acids is 3. The number of fused-ring (bicyclic) bond motifs is 1. The van der Waals surface area contributed by atoms with Crippen LogP contribution < -0.4 is 25.2 Å². The number of benzene rings is 2. The van der Waals surface area contributed by atoms with Gasteiger partial charge >= 0.3 is 0 Å². The number of rotatable bonds is 11. The van der Waals surface area contributed by atoms with E-state index in [0.29, 0.717) is 50.4 Å².